The normalized spacial score (nSPS) is 25.1. The molecule has 0 N–H and O–H groups in total. The van der Waals surface area contributed by atoms with Gasteiger partial charge in [-0.05, 0) is 30.7 Å². The largest absolute Gasteiger partial charge is 0.465 e. The Morgan fingerprint density at radius 3 is 3.06 bits per heavy atom. The van der Waals surface area contributed by atoms with Crippen molar-refractivity contribution in [2.24, 2.45) is 0 Å². The van der Waals surface area contributed by atoms with Crippen molar-refractivity contribution in [1.82, 2.24) is 0 Å². The Hall–Kier alpha value is -1.55. The molecule has 1 aromatic heterocycles. The standard InChI is InChI=1S/C12H14O4/c1-10(13)16-12(6-3-9-15-12)7-5-11-4-2-8-14-11/h2,4-5,7-8H,3,6,9H2,1H3. The van der Waals surface area contributed by atoms with Crippen molar-refractivity contribution in [3.63, 3.8) is 0 Å². The van der Waals surface area contributed by atoms with E-state index in [0.717, 1.165) is 6.42 Å². The molecule has 4 nitrogen and oxygen atoms in total. The number of carbonyl (C=O) groups excluding carboxylic acids is 1. The van der Waals surface area contributed by atoms with Crippen LogP contribution in [-0.2, 0) is 14.3 Å². The molecular formula is C12H14O4. The van der Waals surface area contributed by atoms with Gasteiger partial charge in [0.25, 0.3) is 0 Å². The van der Waals surface area contributed by atoms with Gasteiger partial charge in [-0.15, -0.1) is 0 Å². The molecule has 0 radical (unpaired) electrons. The van der Waals surface area contributed by atoms with E-state index in [0.29, 0.717) is 18.8 Å². The highest BCUT2D eigenvalue weighted by Crippen LogP contribution is 2.29. The number of hydrogen-bond donors (Lipinski definition) is 0. The molecule has 1 aliphatic rings. The molecule has 0 spiro atoms. The van der Waals surface area contributed by atoms with Crippen LogP contribution in [0.4, 0.5) is 0 Å². The van der Waals surface area contributed by atoms with Crippen LogP contribution in [-0.4, -0.2) is 18.4 Å². The second-order valence-electron chi connectivity index (χ2n) is 3.71. The van der Waals surface area contributed by atoms with Crippen LogP contribution in [0.5, 0.6) is 0 Å². The highest BCUT2D eigenvalue weighted by molar-refractivity contribution is 5.67. The van der Waals surface area contributed by atoms with Crippen LogP contribution < -0.4 is 0 Å². The maximum Gasteiger partial charge on any atom is 0.305 e. The van der Waals surface area contributed by atoms with Gasteiger partial charge in [-0.2, -0.15) is 0 Å². The quantitative estimate of drug-likeness (QED) is 0.736. The van der Waals surface area contributed by atoms with Crippen molar-refractivity contribution in [3.8, 4) is 0 Å². The van der Waals surface area contributed by atoms with Crippen molar-refractivity contribution in [2.45, 2.75) is 25.6 Å². The molecule has 0 aliphatic carbocycles. The summed E-state index contributed by atoms with van der Waals surface area (Å²) in [5.74, 6) is -0.536. The maximum absolute atomic E-state index is 11.0. The highest BCUT2D eigenvalue weighted by Gasteiger charge is 2.35. The Labute approximate surface area is 93.8 Å². The Bertz CT molecular complexity index is 372. The van der Waals surface area contributed by atoms with Crippen molar-refractivity contribution < 1.29 is 18.7 Å². The van der Waals surface area contributed by atoms with Gasteiger partial charge < -0.3 is 13.9 Å². The molecule has 4 heteroatoms. The van der Waals surface area contributed by atoms with Crippen LogP contribution in [0.1, 0.15) is 25.5 Å². The molecule has 2 rings (SSSR count). The first-order valence-corrected chi connectivity index (χ1v) is 5.26. The van der Waals surface area contributed by atoms with Crippen molar-refractivity contribution >= 4 is 12.0 Å². The van der Waals surface area contributed by atoms with Crippen LogP contribution >= 0.6 is 0 Å². The minimum absolute atomic E-state index is 0.342. The van der Waals surface area contributed by atoms with Gasteiger partial charge in [0.1, 0.15) is 5.76 Å². The number of carbonyl (C=O) groups is 1. The predicted octanol–water partition coefficient (Wildman–Crippen LogP) is 2.36. The molecule has 1 saturated heterocycles. The summed E-state index contributed by atoms with van der Waals surface area (Å²) in [7, 11) is 0. The average molecular weight is 222 g/mol. The van der Waals surface area contributed by atoms with E-state index < -0.39 is 5.79 Å². The fraction of sp³-hybridized carbons (Fsp3) is 0.417. The van der Waals surface area contributed by atoms with Crippen LogP contribution in [0.2, 0.25) is 0 Å². The number of hydrogen-bond acceptors (Lipinski definition) is 4. The lowest BCUT2D eigenvalue weighted by atomic mass is 10.1. The van der Waals surface area contributed by atoms with Gasteiger partial charge >= 0.3 is 5.97 Å². The van der Waals surface area contributed by atoms with Crippen molar-refractivity contribution in [3.05, 3.63) is 30.2 Å². The molecule has 1 aliphatic heterocycles. The van der Waals surface area contributed by atoms with E-state index in [1.807, 2.05) is 6.07 Å². The number of rotatable bonds is 3. The van der Waals surface area contributed by atoms with Gasteiger partial charge in [-0.3, -0.25) is 4.79 Å². The van der Waals surface area contributed by atoms with Crippen LogP contribution in [0.25, 0.3) is 6.08 Å². The second-order valence-corrected chi connectivity index (χ2v) is 3.71. The Kier molecular flexibility index (Phi) is 3.10. The van der Waals surface area contributed by atoms with Crippen molar-refractivity contribution in [2.75, 3.05) is 6.61 Å². The number of ether oxygens (including phenoxy) is 2. The zero-order valence-corrected chi connectivity index (χ0v) is 9.14. The van der Waals surface area contributed by atoms with E-state index in [4.69, 9.17) is 13.9 Å². The average Bonchev–Trinajstić information content (AvgIpc) is 2.84. The summed E-state index contributed by atoms with van der Waals surface area (Å²) < 4.78 is 15.8. The molecule has 0 amide bonds. The van der Waals surface area contributed by atoms with E-state index in [2.05, 4.69) is 0 Å². The molecule has 2 heterocycles. The summed E-state index contributed by atoms with van der Waals surface area (Å²) >= 11 is 0. The van der Waals surface area contributed by atoms with Gasteiger partial charge in [0, 0.05) is 13.3 Å². The first-order chi connectivity index (χ1) is 7.70. The fourth-order valence-electron chi connectivity index (χ4n) is 1.72. The summed E-state index contributed by atoms with van der Waals surface area (Å²) in [5, 5.41) is 0. The first kappa shape index (κ1) is 11.0. The monoisotopic (exact) mass is 222 g/mol. The smallest absolute Gasteiger partial charge is 0.305 e. The molecule has 1 aromatic rings. The summed E-state index contributed by atoms with van der Waals surface area (Å²) in [6, 6.07) is 3.63. The zero-order chi connectivity index (χ0) is 11.4. The topological polar surface area (TPSA) is 48.7 Å². The first-order valence-electron chi connectivity index (χ1n) is 5.26. The number of furan rings is 1. The molecule has 0 saturated carbocycles. The third-order valence-electron chi connectivity index (χ3n) is 2.38. The molecule has 0 bridgehead atoms. The van der Waals surface area contributed by atoms with Crippen LogP contribution in [0, 0.1) is 0 Å². The summed E-state index contributed by atoms with van der Waals surface area (Å²) in [6.07, 6.45) is 6.65. The van der Waals surface area contributed by atoms with Gasteiger partial charge in [0.2, 0.25) is 5.79 Å². The van der Waals surface area contributed by atoms with Gasteiger partial charge in [-0.25, -0.2) is 0 Å². The summed E-state index contributed by atoms with van der Waals surface area (Å²) in [4.78, 5) is 11.0. The van der Waals surface area contributed by atoms with Crippen LogP contribution in [0.3, 0.4) is 0 Å². The van der Waals surface area contributed by atoms with Gasteiger partial charge in [-0.1, -0.05) is 0 Å². The molecule has 1 fully saturated rings. The minimum Gasteiger partial charge on any atom is -0.465 e. The van der Waals surface area contributed by atoms with E-state index in [-0.39, 0.29) is 5.97 Å². The Morgan fingerprint density at radius 2 is 2.50 bits per heavy atom. The Balaban J connectivity index is 2.11. The lowest BCUT2D eigenvalue weighted by Gasteiger charge is -2.23. The van der Waals surface area contributed by atoms with Gasteiger partial charge in [0.15, 0.2) is 0 Å². The van der Waals surface area contributed by atoms with E-state index in [1.54, 1.807) is 24.5 Å². The minimum atomic E-state index is -0.904. The molecule has 1 unspecified atom stereocenters. The predicted molar refractivity (Wildman–Crippen MR) is 57.4 cm³/mol. The summed E-state index contributed by atoms with van der Waals surface area (Å²) in [5.41, 5.74) is 0. The molecule has 86 valence electrons. The molecule has 16 heavy (non-hydrogen) atoms. The maximum atomic E-state index is 11.0. The summed E-state index contributed by atoms with van der Waals surface area (Å²) in [6.45, 7) is 1.99. The lowest BCUT2D eigenvalue weighted by Crippen LogP contribution is -2.30. The third-order valence-corrected chi connectivity index (χ3v) is 2.38. The number of esters is 1. The zero-order valence-electron chi connectivity index (χ0n) is 9.14. The fourth-order valence-corrected chi connectivity index (χ4v) is 1.72. The highest BCUT2D eigenvalue weighted by atomic mass is 16.7. The third kappa shape index (κ3) is 2.52. The van der Waals surface area contributed by atoms with E-state index in [9.17, 15) is 4.79 Å². The lowest BCUT2D eigenvalue weighted by molar-refractivity contribution is -0.191. The van der Waals surface area contributed by atoms with E-state index in [1.165, 1.54) is 6.92 Å². The second kappa shape index (κ2) is 4.53. The van der Waals surface area contributed by atoms with Gasteiger partial charge in [0.05, 0.1) is 12.9 Å². The molecular weight excluding hydrogens is 208 g/mol. The molecule has 0 aromatic carbocycles. The van der Waals surface area contributed by atoms with Crippen molar-refractivity contribution in [1.29, 1.82) is 0 Å². The Morgan fingerprint density at radius 1 is 1.62 bits per heavy atom. The van der Waals surface area contributed by atoms with Crippen LogP contribution in [0.15, 0.2) is 28.9 Å². The van der Waals surface area contributed by atoms with E-state index >= 15 is 0 Å². The SMILES string of the molecule is CC(=O)OC1(C=Cc2ccco2)CCCO1. The molecule has 1 atom stereocenters.